The minimum Gasteiger partial charge on any atom is -0.790 e. The number of phosphoric ester groups is 1. The molecule has 0 saturated carbocycles. The van der Waals surface area contributed by atoms with Gasteiger partial charge in [0.15, 0.2) is 6.10 Å². The molecule has 0 N–H and O–H groups in total. The smallest absolute Gasteiger partial charge is 0.790 e. The maximum atomic E-state index is 12.1. The first-order valence-corrected chi connectivity index (χ1v) is 14.2. The molecule has 11 heteroatoms. The molecular formula is C28H37Na2O8P. The fourth-order valence-electron chi connectivity index (χ4n) is 3.12. The Hall–Kier alpha value is -0.710. The Bertz CT molecular complexity index is 964. The van der Waals surface area contributed by atoms with Gasteiger partial charge in [0, 0.05) is 12.3 Å². The largest absolute Gasteiger partial charge is 1.00 e. The first-order chi connectivity index (χ1) is 17.8. The molecule has 1 atom stereocenters. The van der Waals surface area contributed by atoms with E-state index in [4.69, 9.17) is 9.47 Å². The van der Waals surface area contributed by atoms with E-state index in [0.717, 1.165) is 19.3 Å². The average molecular weight is 579 g/mol. The summed E-state index contributed by atoms with van der Waals surface area (Å²) in [5.74, 6) is 17.3. The van der Waals surface area contributed by atoms with E-state index in [0.29, 0.717) is 6.42 Å². The van der Waals surface area contributed by atoms with Crippen LogP contribution in [0, 0.1) is 47.4 Å². The zero-order chi connectivity index (χ0) is 27.6. The third-order valence-corrected chi connectivity index (χ3v) is 5.42. The Morgan fingerprint density at radius 1 is 0.744 bits per heavy atom. The van der Waals surface area contributed by atoms with Crippen LogP contribution in [0.4, 0.5) is 0 Å². The van der Waals surface area contributed by atoms with Crippen molar-refractivity contribution in [1.29, 1.82) is 0 Å². The Balaban J connectivity index is -0.00000648. The number of unbranched alkanes of at least 4 members (excludes halogenated alkanes) is 11. The summed E-state index contributed by atoms with van der Waals surface area (Å²) in [5, 5.41) is 0. The fraction of sp³-hybridized carbons (Fsp3) is 0.643. The molecule has 0 spiro atoms. The number of ether oxygens (including phenoxy) is 2. The van der Waals surface area contributed by atoms with Crippen LogP contribution in [0.1, 0.15) is 97.3 Å². The number of rotatable bonds is 19. The van der Waals surface area contributed by atoms with Crippen LogP contribution in [0.5, 0.6) is 0 Å². The summed E-state index contributed by atoms with van der Waals surface area (Å²) in [6.45, 7) is 2.55. The van der Waals surface area contributed by atoms with E-state index in [1.54, 1.807) is 6.92 Å². The first-order valence-electron chi connectivity index (χ1n) is 12.7. The molecule has 0 saturated heterocycles. The van der Waals surface area contributed by atoms with Crippen molar-refractivity contribution >= 4 is 19.8 Å². The molecule has 0 aromatic rings. The van der Waals surface area contributed by atoms with Crippen LogP contribution in [-0.2, 0) is 28.2 Å². The van der Waals surface area contributed by atoms with Gasteiger partial charge < -0.3 is 28.3 Å². The number of carbonyl (C=O) groups is 2. The maximum absolute atomic E-state index is 12.1. The van der Waals surface area contributed by atoms with Crippen molar-refractivity contribution in [2.24, 2.45) is 0 Å². The van der Waals surface area contributed by atoms with Gasteiger partial charge in [-0.15, -0.1) is 0 Å². The van der Waals surface area contributed by atoms with Gasteiger partial charge in [0.1, 0.15) is 6.61 Å². The van der Waals surface area contributed by atoms with Crippen LogP contribution in [-0.4, -0.2) is 31.3 Å². The quantitative estimate of drug-likeness (QED) is 0.0409. The van der Waals surface area contributed by atoms with E-state index >= 15 is 0 Å². The monoisotopic (exact) mass is 578 g/mol. The summed E-state index contributed by atoms with van der Waals surface area (Å²) in [5.41, 5.74) is 0. The first kappa shape index (κ1) is 42.8. The normalized spacial score (nSPS) is 10.2. The molecule has 0 aromatic carbocycles. The summed E-state index contributed by atoms with van der Waals surface area (Å²) in [7, 11) is -5.29. The summed E-state index contributed by atoms with van der Waals surface area (Å²) in [6, 6.07) is 0. The summed E-state index contributed by atoms with van der Waals surface area (Å²) in [6.07, 6.45) is 12.7. The molecule has 0 aliphatic carbocycles. The number of carbonyl (C=O) groups excluding carboxylic acids is 2. The van der Waals surface area contributed by atoms with E-state index in [9.17, 15) is 23.9 Å². The number of phosphoric acid groups is 1. The van der Waals surface area contributed by atoms with E-state index in [-0.39, 0.29) is 65.5 Å². The van der Waals surface area contributed by atoms with Crippen molar-refractivity contribution in [3.8, 4) is 47.4 Å². The molecule has 0 aliphatic heterocycles. The molecule has 0 heterocycles. The molecule has 204 valence electrons. The Labute approximate surface area is 278 Å². The Morgan fingerprint density at radius 3 is 1.74 bits per heavy atom. The number of esters is 2. The van der Waals surface area contributed by atoms with E-state index in [2.05, 4.69) is 58.8 Å². The van der Waals surface area contributed by atoms with Gasteiger partial charge in [-0.2, -0.15) is 0 Å². The molecule has 0 radical (unpaired) electrons. The van der Waals surface area contributed by atoms with Crippen LogP contribution in [0.15, 0.2) is 0 Å². The topological polar surface area (TPSA) is 125 Å². The second-order valence-electron chi connectivity index (χ2n) is 8.22. The SMILES string of the molecule is CC#CC#CC#CC#CC(=O)OC[C@H](COP(=O)([O-])[O-])OC(=O)CCCCCCCCCCCCCC.[Na+].[Na+]. The van der Waals surface area contributed by atoms with Gasteiger partial charge in [-0.3, -0.25) is 4.79 Å². The van der Waals surface area contributed by atoms with E-state index in [1.165, 1.54) is 51.4 Å². The van der Waals surface area contributed by atoms with Crippen molar-refractivity contribution in [3.05, 3.63) is 0 Å². The van der Waals surface area contributed by atoms with Gasteiger partial charge in [-0.05, 0) is 48.9 Å². The van der Waals surface area contributed by atoms with E-state index in [1.807, 2.05) is 0 Å². The van der Waals surface area contributed by atoms with Crippen LogP contribution in [0.3, 0.4) is 0 Å². The predicted molar refractivity (Wildman–Crippen MR) is 137 cm³/mol. The van der Waals surface area contributed by atoms with E-state index < -0.39 is 39.1 Å². The van der Waals surface area contributed by atoms with Crippen LogP contribution < -0.4 is 68.9 Å². The fourth-order valence-corrected chi connectivity index (χ4v) is 3.47. The second-order valence-corrected chi connectivity index (χ2v) is 9.37. The summed E-state index contributed by atoms with van der Waals surface area (Å²) in [4.78, 5) is 45.3. The summed E-state index contributed by atoms with van der Waals surface area (Å²) >= 11 is 0. The van der Waals surface area contributed by atoms with Crippen molar-refractivity contribution in [3.63, 3.8) is 0 Å². The molecule has 0 rings (SSSR count). The predicted octanol–water partition coefficient (Wildman–Crippen LogP) is -2.58. The average Bonchev–Trinajstić information content (AvgIpc) is 2.85. The van der Waals surface area contributed by atoms with Gasteiger partial charge in [0.05, 0.1) is 14.4 Å². The molecule has 8 nitrogen and oxygen atoms in total. The molecule has 39 heavy (non-hydrogen) atoms. The van der Waals surface area contributed by atoms with Crippen molar-refractivity contribution in [2.45, 2.75) is 103 Å². The van der Waals surface area contributed by atoms with Gasteiger partial charge in [-0.1, -0.05) is 83.5 Å². The van der Waals surface area contributed by atoms with Gasteiger partial charge in [-0.25, -0.2) is 4.79 Å². The van der Waals surface area contributed by atoms with Crippen LogP contribution >= 0.6 is 7.82 Å². The number of hydrogen-bond donors (Lipinski definition) is 0. The minimum atomic E-state index is -5.29. The molecule has 0 aliphatic rings. The molecular weight excluding hydrogens is 541 g/mol. The third-order valence-electron chi connectivity index (χ3n) is 4.95. The molecule has 0 bridgehead atoms. The molecule has 0 amide bonds. The molecule has 0 aromatic heterocycles. The van der Waals surface area contributed by atoms with Gasteiger partial charge in [0.2, 0.25) is 0 Å². The van der Waals surface area contributed by atoms with Gasteiger partial charge >= 0.3 is 71.1 Å². The third kappa shape index (κ3) is 33.4. The molecule has 0 unspecified atom stereocenters. The van der Waals surface area contributed by atoms with Crippen LogP contribution in [0.2, 0.25) is 0 Å². The van der Waals surface area contributed by atoms with Gasteiger partial charge in [0.25, 0.3) is 0 Å². The summed E-state index contributed by atoms with van der Waals surface area (Å²) < 4.78 is 24.9. The van der Waals surface area contributed by atoms with Crippen molar-refractivity contribution in [2.75, 3.05) is 13.2 Å². The Kier molecular flexibility index (Phi) is 33.2. The van der Waals surface area contributed by atoms with Crippen molar-refractivity contribution < 1.29 is 97.1 Å². The van der Waals surface area contributed by atoms with Crippen molar-refractivity contribution in [1.82, 2.24) is 0 Å². The minimum absolute atomic E-state index is 0. The molecule has 0 fully saturated rings. The maximum Gasteiger partial charge on any atom is 1.00 e. The standard InChI is InChI=1S/C28H39O8P.2Na/c1-3-5-7-9-11-12-13-14-15-17-19-21-23-28(30)36-26(25-35-37(31,32)33)24-34-27(29)22-20-18-16-10-8-6-4-2;;/h26H,3,5,7,9,11-15,17,19,21,23-25H2,1-2H3,(H2,31,32,33);;/q;2*+1/p-2/t26-;;/m1../s1. The zero-order valence-corrected chi connectivity index (χ0v) is 28.8. The van der Waals surface area contributed by atoms with Crippen LogP contribution in [0.25, 0.3) is 0 Å². The Morgan fingerprint density at radius 2 is 1.23 bits per heavy atom. The number of hydrogen-bond acceptors (Lipinski definition) is 8. The zero-order valence-electron chi connectivity index (χ0n) is 23.9. The second kappa shape index (κ2) is 30.3.